The van der Waals surface area contributed by atoms with E-state index in [4.69, 9.17) is 10.5 Å². The lowest BCUT2D eigenvalue weighted by atomic mass is 10.1. The Labute approximate surface area is 220 Å². The fourth-order valence-corrected chi connectivity index (χ4v) is 6.24. The number of quaternary nitrogens is 2. The summed E-state index contributed by atoms with van der Waals surface area (Å²) in [7, 11) is 0. The van der Waals surface area contributed by atoms with Gasteiger partial charge in [-0.3, -0.25) is 20.2 Å². The van der Waals surface area contributed by atoms with Crippen LogP contribution in [0.15, 0.2) is 36.4 Å². The molecule has 196 valence electrons. The number of piperazine rings is 3. The first-order valence-corrected chi connectivity index (χ1v) is 12.8. The summed E-state index contributed by atoms with van der Waals surface area (Å²) in [6, 6.07) is 13.3. The predicted molar refractivity (Wildman–Crippen MR) is 140 cm³/mol. The highest BCUT2D eigenvalue weighted by atomic mass is 16.6. The van der Waals surface area contributed by atoms with Gasteiger partial charge in [-0.15, -0.1) is 0 Å². The lowest BCUT2D eigenvalue weighted by Gasteiger charge is -2.54. The summed E-state index contributed by atoms with van der Waals surface area (Å²) < 4.78 is 2.04. The van der Waals surface area contributed by atoms with Crippen molar-refractivity contribution in [3.05, 3.63) is 67.8 Å². The van der Waals surface area contributed by atoms with Crippen LogP contribution in [0.3, 0.4) is 0 Å². The van der Waals surface area contributed by atoms with Crippen LogP contribution in [0.2, 0.25) is 0 Å². The summed E-state index contributed by atoms with van der Waals surface area (Å²) in [5.74, 6) is 0. The topological polar surface area (TPSA) is 140 Å². The monoisotopic (exact) mass is 518 g/mol. The molecule has 2 aromatic rings. The lowest BCUT2D eigenvalue weighted by molar-refractivity contribution is -1.03. The lowest BCUT2D eigenvalue weighted by Crippen LogP contribution is -2.73. The minimum absolute atomic E-state index is 0.0129. The highest BCUT2D eigenvalue weighted by Crippen LogP contribution is 2.34. The Balaban J connectivity index is 1.19. The number of nitro groups is 2. The second-order valence-corrected chi connectivity index (χ2v) is 10.6. The van der Waals surface area contributed by atoms with Gasteiger partial charge in [-0.1, -0.05) is 0 Å². The van der Waals surface area contributed by atoms with E-state index in [9.17, 15) is 20.2 Å². The fraction of sp³-hybridized carbons (Fsp3) is 0.462. The Kier molecular flexibility index (Phi) is 6.61. The van der Waals surface area contributed by atoms with Crippen molar-refractivity contribution in [3.63, 3.8) is 0 Å². The molecule has 12 nitrogen and oxygen atoms in total. The summed E-state index contributed by atoms with van der Waals surface area (Å²) in [6.45, 7) is 10.9. The molecule has 0 amide bonds. The van der Waals surface area contributed by atoms with Crippen LogP contribution in [0.5, 0.6) is 0 Å². The molecular formula is C26H30N8O4+2. The van der Waals surface area contributed by atoms with Gasteiger partial charge in [0.15, 0.2) is 0 Å². The molecule has 0 N–H and O–H groups in total. The van der Waals surface area contributed by atoms with Crippen LogP contribution < -0.4 is 9.80 Å². The van der Waals surface area contributed by atoms with E-state index in [0.29, 0.717) is 22.5 Å². The quantitative estimate of drug-likeness (QED) is 0.341. The first-order chi connectivity index (χ1) is 18.3. The maximum atomic E-state index is 11.6. The van der Waals surface area contributed by atoms with Crippen molar-refractivity contribution >= 4 is 22.7 Å². The number of nitriles is 2. The maximum Gasteiger partial charge on any atom is 0.293 e. The molecule has 0 saturated carbocycles. The Morgan fingerprint density at radius 3 is 1.26 bits per heavy atom. The second-order valence-electron chi connectivity index (χ2n) is 10.6. The molecule has 0 aliphatic carbocycles. The largest absolute Gasteiger partial charge is 0.355 e. The first kappa shape index (κ1) is 25.4. The van der Waals surface area contributed by atoms with Crippen molar-refractivity contribution in [2.45, 2.75) is 0 Å². The number of benzene rings is 2. The summed E-state index contributed by atoms with van der Waals surface area (Å²) in [5.41, 5.74) is 1.72. The average molecular weight is 519 g/mol. The number of nitro benzene ring substituents is 2. The van der Waals surface area contributed by atoms with Crippen molar-refractivity contribution < 1.29 is 18.8 Å². The molecule has 0 radical (unpaired) electrons. The number of rotatable bonds is 4. The van der Waals surface area contributed by atoms with E-state index in [1.54, 1.807) is 24.3 Å². The molecule has 0 aromatic heterocycles. The zero-order valence-electron chi connectivity index (χ0n) is 21.2. The van der Waals surface area contributed by atoms with Crippen molar-refractivity contribution in [1.29, 1.82) is 10.5 Å². The normalized spacial score (nSPS) is 20.1. The Morgan fingerprint density at radius 1 is 0.632 bits per heavy atom. The summed E-state index contributed by atoms with van der Waals surface area (Å²) in [5, 5.41) is 41.4. The van der Waals surface area contributed by atoms with Crippen molar-refractivity contribution in [3.8, 4) is 12.1 Å². The molecule has 3 heterocycles. The van der Waals surface area contributed by atoms with Gasteiger partial charge < -0.3 is 18.8 Å². The van der Waals surface area contributed by atoms with Crippen molar-refractivity contribution in [1.82, 2.24) is 0 Å². The third-order valence-corrected chi connectivity index (χ3v) is 8.76. The highest BCUT2D eigenvalue weighted by molar-refractivity contribution is 5.66. The van der Waals surface area contributed by atoms with Crippen LogP contribution in [-0.2, 0) is 0 Å². The standard InChI is InChI=1S/C26H30N8O4/c27-19-21-1-3-23(25(17-21)31(35)36)29-5-9-33(10-6-29)13-15-34(16-14-33)11-7-30(8-12-34)24-4-2-22(20-28)18-26(24)32(37)38/h1-4,17-18H,5-16H2/q+2. The zero-order chi connectivity index (χ0) is 26.9. The smallest absolute Gasteiger partial charge is 0.293 e. The van der Waals surface area contributed by atoms with Crippen molar-refractivity contribution in [2.75, 3.05) is 88.3 Å². The highest BCUT2D eigenvalue weighted by Gasteiger charge is 2.46. The van der Waals surface area contributed by atoms with Gasteiger partial charge in [-0.25, -0.2) is 0 Å². The van der Waals surface area contributed by atoms with Gasteiger partial charge in [-0.2, -0.15) is 10.5 Å². The molecule has 12 heteroatoms. The van der Waals surface area contributed by atoms with Gasteiger partial charge in [0.1, 0.15) is 37.6 Å². The summed E-state index contributed by atoms with van der Waals surface area (Å²) in [6.07, 6.45) is 0. The van der Waals surface area contributed by atoms with Gasteiger partial charge in [-0.05, 0) is 24.3 Å². The molecule has 0 bridgehead atoms. The van der Waals surface area contributed by atoms with Gasteiger partial charge in [0.25, 0.3) is 11.4 Å². The minimum Gasteiger partial charge on any atom is -0.355 e. The van der Waals surface area contributed by atoms with Crippen molar-refractivity contribution in [2.24, 2.45) is 0 Å². The van der Waals surface area contributed by atoms with Gasteiger partial charge in [0, 0.05) is 12.1 Å². The summed E-state index contributed by atoms with van der Waals surface area (Å²) >= 11 is 0. The van der Waals surface area contributed by atoms with E-state index in [-0.39, 0.29) is 11.4 Å². The van der Waals surface area contributed by atoms with Gasteiger partial charge in [0.2, 0.25) is 0 Å². The SMILES string of the molecule is N#Cc1ccc(N2CC[N+]3(CC2)CC[N+]2(CCN(c4ccc(C#N)cc4[N+](=O)[O-])CC2)CC3)c([N+](=O)[O-])c1. The molecule has 38 heavy (non-hydrogen) atoms. The summed E-state index contributed by atoms with van der Waals surface area (Å²) in [4.78, 5) is 26.6. The zero-order valence-corrected chi connectivity index (χ0v) is 21.2. The van der Waals surface area contributed by atoms with E-state index < -0.39 is 9.85 Å². The molecule has 3 aliphatic heterocycles. The van der Waals surface area contributed by atoms with E-state index in [2.05, 4.69) is 9.80 Å². The Hall–Kier alpha value is -4.26. The number of nitrogens with zero attached hydrogens (tertiary/aromatic N) is 8. The third kappa shape index (κ3) is 4.72. The molecule has 3 aliphatic rings. The molecule has 5 rings (SSSR count). The van der Waals surface area contributed by atoms with Crippen LogP contribution in [0.4, 0.5) is 22.7 Å². The van der Waals surface area contributed by atoms with E-state index in [0.717, 1.165) is 87.5 Å². The van der Waals surface area contributed by atoms with Crippen LogP contribution in [0, 0.1) is 42.9 Å². The van der Waals surface area contributed by atoms with Gasteiger partial charge in [0.05, 0.1) is 85.5 Å². The molecule has 0 atom stereocenters. The van der Waals surface area contributed by atoms with Crippen LogP contribution in [0.25, 0.3) is 0 Å². The number of hydrogen-bond acceptors (Lipinski definition) is 8. The molecular weight excluding hydrogens is 488 g/mol. The van der Waals surface area contributed by atoms with Crippen LogP contribution >= 0.6 is 0 Å². The van der Waals surface area contributed by atoms with Crippen LogP contribution in [0.1, 0.15) is 11.1 Å². The molecule has 2 spiro atoms. The van der Waals surface area contributed by atoms with E-state index >= 15 is 0 Å². The van der Waals surface area contributed by atoms with E-state index in [1.807, 2.05) is 12.1 Å². The number of anilines is 2. The van der Waals surface area contributed by atoms with Gasteiger partial charge >= 0.3 is 0 Å². The second kappa shape index (κ2) is 9.89. The molecule has 3 fully saturated rings. The third-order valence-electron chi connectivity index (χ3n) is 8.76. The Morgan fingerprint density at radius 2 is 0.974 bits per heavy atom. The van der Waals surface area contributed by atoms with Crippen LogP contribution in [-0.4, -0.2) is 97.3 Å². The Bertz CT molecular complexity index is 1230. The average Bonchev–Trinajstić information content (AvgIpc) is 2.95. The maximum absolute atomic E-state index is 11.6. The number of hydrogen-bond donors (Lipinski definition) is 0. The minimum atomic E-state index is -0.407. The fourth-order valence-electron chi connectivity index (χ4n) is 6.24. The molecule has 3 saturated heterocycles. The first-order valence-electron chi connectivity index (χ1n) is 12.8. The predicted octanol–water partition coefficient (Wildman–Crippen LogP) is 2.23. The molecule has 2 aromatic carbocycles. The van der Waals surface area contributed by atoms with E-state index in [1.165, 1.54) is 12.1 Å². The molecule has 0 unspecified atom stereocenters.